The van der Waals surface area contributed by atoms with Crippen molar-refractivity contribution in [1.29, 1.82) is 0 Å². The minimum Gasteiger partial charge on any atom is -0.381 e. The van der Waals surface area contributed by atoms with Crippen LogP contribution in [0.15, 0.2) is 11.8 Å². The minimum absolute atomic E-state index is 0.0524. The maximum absolute atomic E-state index is 12.0. The van der Waals surface area contributed by atoms with E-state index in [4.69, 9.17) is 0 Å². The van der Waals surface area contributed by atoms with Crippen LogP contribution in [0, 0.1) is 0 Å². The SMILES string of the molecule is CC1CC(OS(=O)(=O)C(F)(F)F)=CCN1C. The molecule has 1 aliphatic heterocycles. The van der Waals surface area contributed by atoms with E-state index in [2.05, 4.69) is 4.18 Å². The van der Waals surface area contributed by atoms with E-state index in [-0.39, 0.29) is 18.2 Å². The highest BCUT2D eigenvalue weighted by molar-refractivity contribution is 7.87. The molecule has 1 aliphatic rings. The van der Waals surface area contributed by atoms with Gasteiger partial charge in [-0.25, -0.2) is 0 Å². The van der Waals surface area contributed by atoms with Crippen molar-refractivity contribution in [3.05, 3.63) is 11.8 Å². The maximum atomic E-state index is 12.0. The first-order chi connectivity index (χ1) is 7.13. The lowest BCUT2D eigenvalue weighted by atomic mass is 10.1. The fourth-order valence-electron chi connectivity index (χ4n) is 1.21. The molecule has 94 valence electrons. The van der Waals surface area contributed by atoms with Gasteiger partial charge in [-0.3, -0.25) is 4.90 Å². The largest absolute Gasteiger partial charge is 0.534 e. The van der Waals surface area contributed by atoms with Gasteiger partial charge in [0.15, 0.2) is 0 Å². The summed E-state index contributed by atoms with van der Waals surface area (Å²) in [6.07, 6.45) is 1.48. The molecule has 16 heavy (non-hydrogen) atoms. The Morgan fingerprint density at radius 1 is 1.50 bits per heavy atom. The Morgan fingerprint density at radius 3 is 2.50 bits per heavy atom. The lowest BCUT2D eigenvalue weighted by molar-refractivity contribution is -0.0526. The predicted octanol–water partition coefficient (Wildman–Crippen LogP) is 1.46. The summed E-state index contributed by atoms with van der Waals surface area (Å²) >= 11 is 0. The Labute approximate surface area is 91.8 Å². The fourth-order valence-corrected chi connectivity index (χ4v) is 1.72. The zero-order valence-corrected chi connectivity index (χ0v) is 9.60. The molecule has 0 aromatic carbocycles. The molecule has 8 heteroatoms. The molecule has 0 radical (unpaired) electrons. The highest BCUT2D eigenvalue weighted by atomic mass is 32.2. The van der Waals surface area contributed by atoms with Gasteiger partial charge in [-0.15, -0.1) is 0 Å². The highest BCUT2D eigenvalue weighted by Gasteiger charge is 2.49. The summed E-state index contributed by atoms with van der Waals surface area (Å²) in [5.41, 5.74) is -5.37. The minimum atomic E-state index is -5.53. The van der Waals surface area contributed by atoms with Crippen LogP contribution < -0.4 is 0 Å². The van der Waals surface area contributed by atoms with E-state index in [1.54, 1.807) is 14.0 Å². The van der Waals surface area contributed by atoms with E-state index in [0.29, 0.717) is 6.54 Å². The van der Waals surface area contributed by atoms with Crippen molar-refractivity contribution in [2.45, 2.75) is 24.9 Å². The fraction of sp³-hybridized carbons (Fsp3) is 0.750. The Bertz CT molecular complexity index is 388. The molecule has 1 unspecified atom stereocenters. The normalized spacial score (nSPS) is 24.1. The first kappa shape index (κ1) is 13.3. The van der Waals surface area contributed by atoms with Gasteiger partial charge in [-0.2, -0.15) is 21.6 Å². The quantitative estimate of drug-likeness (QED) is 0.556. The van der Waals surface area contributed by atoms with Gasteiger partial charge in [0.25, 0.3) is 0 Å². The standard InChI is InChI=1S/C8H12F3NO3S/c1-6-5-7(3-4-12(6)2)15-16(13,14)8(9,10)11/h3,6H,4-5H2,1-2H3. The number of halogens is 3. The van der Waals surface area contributed by atoms with E-state index in [9.17, 15) is 21.6 Å². The first-order valence-electron chi connectivity index (χ1n) is 4.53. The molecule has 0 saturated carbocycles. The van der Waals surface area contributed by atoms with Crippen LogP contribution in [0.4, 0.5) is 13.2 Å². The molecule has 0 aromatic rings. The molecule has 0 N–H and O–H groups in total. The van der Waals surface area contributed by atoms with E-state index in [0.717, 1.165) is 0 Å². The number of rotatable bonds is 2. The van der Waals surface area contributed by atoms with Gasteiger partial charge in [-0.05, 0) is 20.0 Å². The molecular formula is C8H12F3NO3S. The van der Waals surface area contributed by atoms with Crippen LogP contribution in [0.25, 0.3) is 0 Å². The third kappa shape index (κ3) is 2.88. The number of hydrogen-bond donors (Lipinski definition) is 0. The number of alkyl halides is 3. The van der Waals surface area contributed by atoms with Crippen LogP contribution in [-0.2, 0) is 14.3 Å². The number of nitrogens with zero attached hydrogens (tertiary/aromatic N) is 1. The zero-order valence-electron chi connectivity index (χ0n) is 8.78. The van der Waals surface area contributed by atoms with Crippen molar-refractivity contribution in [2.24, 2.45) is 0 Å². The van der Waals surface area contributed by atoms with Crippen molar-refractivity contribution in [3.63, 3.8) is 0 Å². The molecule has 0 aromatic heterocycles. The van der Waals surface area contributed by atoms with Gasteiger partial charge in [-0.1, -0.05) is 0 Å². The van der Waals surface area contributed by atoms with E-state index >= 15 is 0 Å². The van der Waals surface area contributed by atoms with Crippen LogP contribution in [0.5, 0.6) is 0 Å². The van der Waals surface area contributed by atoms with Gasteiger partial charge in [0.2, 0.25) is 0 Å². The van der Waals surface area contributed by atoms with Gasteiger partial charge >= 0.3 is 15.6 Å². The van der Waals surface area contributed by atoms with Gasteiger partial charge < -0.3 is 4.18 Å². The molecule has 0 saturated heterocycles. The van der Waals surface area contributed by atoms with Crippen molar-refractivity contribution in [2.75, 3.05) is 13.6 Å². The van der Waals surface area contributed by atoms with E-state index in [1.165, 1.54) is 6.08 Å². The molecule has 0 aliphatic carbocycles. The summed E-state index contributed by atoms with van der Waals surface area (Å²) in [4.78, 5) is 1.87. The Balaban J connectivity index is 2.77. The molecule has 0 spiro atoms. The average molecular weight is 259 g/mol. The second kappa shape index (κ2) is 4.25. The van der Waals surface area contributed by atoms with Gasteiger partial charge in [0.1, 0.15) is 5.76 Å². The second-order valence-electron chi connectivity index (χ2n) is 3.65. The third-order valence-electron chi connectivity index (χ3n) is 2.36. The summed E-state index contributed by atoms with van der Waals surface area (Å²) in [6, 6.07) is -0.0524. The third-order valence-corrected chi connectivity index (χ3v) is 3.36. The lowest BCUT2D eigenvalue weighted by Crippen LogP contribution is -2.35. The second-order valence-corrected chi connectivity index (χ2v) is 5.18. The molecule has 0 fully saturated rings. The molecule has 1 heterocycles. The molecule has 1 rings (SSSR count). The Morgan fingerprint density at radius 2 is 2.06 bits per heavy atom. The van der Waals surface area contributed by atoms with Crippen LogP contribution >= 0.6 is 0 Å². The lowest BCUT2D eigenvalue weighted by Gasteiger charge is -2.28. The van der Waals surface area contributed by atoms with E-state index < -0.39 is 15.6 Å². The summed E-state index contributed by atoms with van der Waals surface area (Å²) in [7, 11) is -3.74. The van der Waals surface area contributed by atoms with E-state index in [1.807, 2.05) is 4.90 Å². The smallest absolute Gasteiger partial charge is 0.381 e. The monoisotopic (exact) mass is 259 g/mol. The van der Waals surface area contributed by atoms with Crippen LogP contribution in [-0.4, -0.2) is 38.5 Å². The maximum Gasteiger partial charge on any atom is 0.534 e. The zero-order chi connectivity index (χ0) is 12.6. The summed E-state index contributed by atoms with van der Waals surface area (Å²) in [5, 5.41) is 0. The topological polar surface area (TPSA) is 46.6 Å². The first-order valence-corrected chi connectivity index (χ1v) is 5.94. The average Bonchev–Trinajstić information content (AvgIpc) is 2.09. The predicted molar refractivity (Wildman–Crippen MR) is 50.9 cm³/mol. The molecular weight excluding hydrogens is 247 g/mol. The molecule has 0 amide bonds. The van der Waals surface area contributed by atoms with Crippen molar-refractivity contribution in [1.82, 2.24) is 4.90 Å². The molecule has 0 bridgehead atoms. The summed E-state index contributed by atoms with van der Waals surface area (Å²) in [5.74, 6) is -0.150. The van der Waals surface area contributed by atoms with Crippen LogP contribution in [0.1, 0.15) is 13.3 Å². The van der Waals surface area contributed by atoms with Crippen molar-refractivity contribution in [3.8, 4) is 0 Å². The summed E-state index contributed by atoms with van der Waals surface area (Å²) < 4.78 is 61.5. The highest BCUT2D eigenvalue weighted by Crippen LogP contribution is 2.29. The van der Waals surface area contributed by atoms with Crippen molar-refractivity contribution < 1.29 is 25.8 Å². The van der Waals surface area contributed by atoms with Crippen LogP contribution in [0.2, 0.25) is 0 Å². The van der Waals surface area contributed by atoms with Crippen molar-refractivity contribution >= 4 is 10.1 Å². The van der Waals surface area contributed by atoms with Crippen LogP contribution in [0.3, 0.4) is 0 Å². The van der Waals surface area contributed by atoms with Gasteiger partial charge in [0, 0.05) is 19.0 Å². The Hall–Kier alpha value is -0.760. The summed E-state index contributed by atoms with van der Waals surface area (Å²) in [6.45, 7) is 2.14. The number of hydrogen-bond acceptors (Lipinski definition) is 4. The number of likely N-dealkylation sites (N-methyl/N-ethyl adjacent to an activating group) is 1. The molecule has 4 nitrogen and oxygen atoms in total. The van der Waals surface area contributed by atoms with Gasteiger partial charge in [0.05, 0.1) is 0 Å². The molecule has 1 atom stereocenters. The Kier molecular flexibility index (Phi) is 3.53.